The Bertz CT molecular complexity index is 541. The van der Waals surface area contributed by atoms with E-state index in [4.69, 9.17) is 4.74 Å². The first-order valence-electron chi connectivity index (χ1n) is 8.47. The first kappa shape index (κ1) is 16.5. The molecule has 2 fully saturated rings. The summed E-state index contributed by atoms with van der Waals surface area (Å²) in [6.07, 6.45) is 6.79. The normalized spacial score (nSPS) is 29.5. The number of hydrogen-bond donors (Lipinski definition) is 1. The predicted molar refractivity (Wildman–Crippen MR) is 85.7 cm³/mol. The van der Waals surface area contributed by atoms with E-state index in [0.29, 0.717) is 39.1 Å². The van der Waals surface area contributed by atoms with Crippen molar-refractivity contribution in [2.45, 2.75) is 44.8 Å². The Balaban J connectivity index is 1.61. The zero-order valence-electron chi connectivity index (χ0n) is 14.1. The third-order valence-corrected chi connectivity index (χ3v) is 5.58. The molecular weight excluding hydrogens is 294 g/mol. The average Bonchev–Trinajstić information content (AvgIpc) is 3.14. The SMILES string of the molecule is COCCC1(O)CCN(C(=O)C2(Cn3cccn3)CC2)CC1C. The molecule has 1 aromatic heterocycles. The van der Waals surface area contributed by atoms with Gasteiger partial charge in [-0.2, -0.15) is 5.10 Å². The van der Waals surface area contributed by atoms with Gasteiger partial charge in [0, 0.05) is 45.1 Å². The summed E-state index contributed by atoms with van der Waals surface area (Å²) >= 11 is 0. The molecule has 6 nitrogen and oxygen atoms in total. The van der Waals surface area contributed by atoms with Crippen molar-refractivity contribution in [1.82, 2.24) is 14.7 Å². The highest BCUT2D eigenvalue weighted by Gasteiger charge is 2.53. The van der Waals surface area contributed by atoms with E-state index in [1.54, 1.807) is 13.3 Å². The molecule has 6 heteroatoms. The third kappa shape index (κ3) is 3.28. The molecule has 1 saturated carbocycles. The van der Waals surface area contributed by atoms with Crippen LogP contribution >= 0.6 is 0 Å². The number of amides is 1. The Morgan fingerprint density at radius 3 is 2.78 bits per heavy atom. The number of aliphatic hydroxyl groups is 1. The molecule has 2 heterocycles. The van der Waals surface area contributed by atoms with Crippen LogP contribution in [0.4, 0.5) is 0 Å². The number of hydrogen-bond acceptors (Lipinski definition) is 4. The Morgan fingerprint density at radius 2 is 2.22 bits per heavy atom. The fraction of sp³-hybridized carbons (Fsp3) is 0.765. The number of carbonyl (C=O) groups excluding carboxylic acids is 1. The zero-order chi connectivity index (χ0) is 16.5. The number of likely N-dealkylation sites (tertiary alicyclic amines) is 1. The van der Waals surface area contributed by atoms with Crippen LogP contribution < -0.4 is 0 Å². The number of methoxy groups -OCH3 is 1. The van der Waals surface area contributed by atoms with Gasteiger partial charge in [0.15, 0.2) is 0 Å². The Kier molecular flexibility index (Phi) is 4.47. The van der Waals surface area contributed by atoms with Crippen LogP contribution in [-0.2, 0) is 16.1 Å². The smallest absolute Gasteiger partial charge is 0.230 e. The van der Waals surface area contributed by atoms with Gasteiger partial charge in [0.2, 0.25) is 5.91 Å². The summed E-state index contributed by atoms with van der Waals surface area (Å²) in [6.45, 7) is 4.50. The molecule has 0 aromatic carbocycles. The molecule has 2 aliphatic rings. The van der Waals surface area contributed by atoms with Crippen LogP contribution in [0.5, 0.6) is 0 Å². The molecule has 0 bridgehead atoms. The first-order valence-corrected chi connectivity index (χ1v) is 8.47. The molecule has 0 spiro atoms. The summed E-state index contributed by atoms with van der Waals surface area (Å²) in [6, 6.07) is 1.89. The molecule has 2 unspecified atom stereocenters. The Morgan fingerprint density at radius 1 is 1.43 bits per heavy atom. The number of carbonyl (C=O) groups is 1. The maximum Gasteiger partial charge on any atom is 0.230 e. The van der Waals surface area contributed by atoms with Crippen molar-refractivity contribution in [3.05, 3.63) is 18.5 Å². The van der Waals surface area contributed by atoms with Gasteiger partial charge in [0.25, 0.3) is 0 Å². The monoisotopic (exact) mass is 321 g/mol. The largest absolute Gasteiger partial charge is 0.389 e. The summed E-state index contributed by atoms with van der Waals surface area (Å²) in [5.74, 6) is 0.296. The van der Waals surface area contributed by atoms with Crippen molar-refractivity contribution in [1.29, 1.82) is 0 Å². The maximum atomic E-state index is 13.0. The second-order valence-electron chi connectivity index (χ2n) is 7.23. The highest BCUT2D eigenvalue weighted by atomic mass is 16.5. The van der Waals surface area contributed by atoms with Crippen LogP contribution in [0.15, 0.2) is 18.5 Å². The minimum atomic E-state index is -0.717. The summed E-state index contributed by atoms with van der Waals surface area (Å²) in [4.78, 5) is 14.9. The summed E-state index contributed by atoms with van der Waals surface area (Å²) < 4.78 is 6.96. The fourth-order valence-electron chi connectivity index (χ4n) is 3.63. The van der Waals surface area contributed by atoms with Crippen LogP contribution in [0.3, 0.4) is 0 Å². The number of aromatic nitrogens is 2. The van der Waals surface area contributed by atoms with Crippen molar-refractivity contribution in [2.75, 3.05) is 26.8 Å². The summed E-state index contributed by atoms with van der Waals surface area (Å²) in [5, 5.41) is 15.0. The van der Waals surface area contributed by atoms with E-state index in [-0.39, 0.29) is 17.2 Å². The molecule has 3 rings (SSSR count). The molecular formula is C17H27N3O3. The van der Waals surface area contributed by atoms with Gasteiger partial charge in [-0.3, -0.25) is 9.48 Å². The van der Waals surface area contributed by atoms with E-state index in [9.17, 15) is 9.90 Å². The van der Waals surface area contributed by atoms with Crippen molar-refractivity contribution in [3.63, 3.8) is 0 Å². The second kappa shape index (κ2) is 6.24. The first-order chi connectivity index (χ1) is 11.0. The van der Waals surface area contributed by atoms with Gasteiger partial charge < -0.3 is 14.7 Å². The Labute approximate surface area is 137 Å². The van der Waals surface area contributed by atoms with Crippen molar-refractivity contribution in [2.24, 2.45) is 11.3 Å². The lowest BCUT2D eigenvalue weighted by Gasteiger charge is -2.44. The lowest BCUT2D eigenvalue weighted by atomic mass is 9.79. The number of rotatable bonds is 6. The van der Waals surface area contributed by atoms with Gasteiger partial charge in [-0.05, 0) is 31.7 Å². The highest BCUT2D eigenvalue weighted by Crippen LogP contribution is 2.49. The van der Waals surface area contributed by atoms with E-state index in [2.05, 4.69) is 5.10 Å². The van der Waals surface area contributed by atoms with E-state index in [0.717, 1.165) is 12.8 Å². The summed E-state index contributed by atoms with van der Waals surface area (Å²) in [7, 11) is 1.65. The lowest BCUT2D eigenvalue weighted by molar-refractivity contribution is -0.146. The number of piperidine rings is 1. The van der Waals surface area contributed by atoms with Gasteiger partial charge in [-0.25, -0.2) is 0 Å². The molecule has 1 aliphatic carbocycles. The molecule has 1 saturated heterocycles. The van der Waals surface area contributed by atoms with Crippen LogP contribution in [0, 0.1) is 11.3 Å². The van der Waals surface area contributed by atoms with Crippen LogP contribution in [0.1, 0.15) is 32.6 Å². The van der Waals surface area contributed by atoms with E-state index in [1.807, 2.05) is 28.8 Å². The maximum absolute atomic E-state index is 13.0. The van der Waals surface area contributed by atoms with Gasteiger partial charge in [0.05, 0.1) is 17.6 Å². The van der Waals surface area contributed by atoms with Crippen LogP contribution in [-0.4, -0.2) is 58.1 Å². The lowest BCUT2D eigenvalue weighted by Crippen LogP contribution is -2.54. The summed E-state index contributed by atoms with van der Waals surface area (Å²) in [5.41, 5.74) is -0.987. The molecule has 1 N–H and O–H groups in total. The highest BCUT2D eigenvalue weighted by molar-refractivity contribution is 5.85. The van der Waals surface area contributed by atoms with E-state index < -0.39 is 5.60 Å². The van der Waals surface area contributed by atoms with E-state index in [1.165, 1.54) is 0 Å². The van der Waals surface area contributed by atoms with Crippen molar-refractivity contribution < 1.29 is 14.6 Å². The van der Waals surface area contributed by atoms with Gasteiger partial charge in [0.1, 0.15) is 0 Å². The molecule has 128 valence electrons. The number of ether oxygens (including phenoxy) is 1. The van der Waals surface area contributed by atoms with Gasteiger partial charge >= 0.3 is 0 Å². The van der Waals surface area contributed by atoms with Crippen molar-refractivity contribution in [3.8, 4) is 0 Å². The van der Waals surface area contributed by atoms with Gasteiger partial charge in [-0.15, -0.1) is 0 Å². The number of nitrogens with zero attached hydrogens (tertiary/aromatic N) is 3. The minimum Gasteiger partial charge on any atom is -0.389 e. The van der Waals surface area contributed by atoms with Crippen LogP contribution in [0.25, 0.3) is 0 Å². The molecule has 1 amide bonds. The Hall–Kier alpha value is -1.40. The molecule has 0 radical (unpaired) electrons. The predicted octanol–water partition coefficient (Wildman–Crippen LogP) is 1.30. The quantitative estimate of drug-likeness (QED) is 0.857. The molecule has 1 aromatic rings. The standard InChI is InChI=1S/C17H27N3O3/c1-14-12-19(10-6-17(14,22)7-11-23-2)15(21)16(4-5-16)13-20-9-3-8-18-20/h3,8-9,14,22H,4-7,10-13H2,1-2H3. The molecule has 2 atom stereocenters. The average molecular weight is 321 g/mol. The third-order valence-electron chi connectivity index (χ3n) is 5.58. The van der Waals surface area contributed by atoms with Crippen molar-refractivity contribution >= 4 is 5.91 Å². The minimum absolute atomic E-state index is 0.0656. The molecule has 1 aliphatic heterocycles. The molecule has 23 heavy (non-hydrogen) atoms. The second-order valence-corrected chi connectivity index (χ2v) is 7.23. The van der Waals surface area contributed by atoms with Crippen LogP contribution in [0.2, 0.25) is 0 Å². The van der Waals surface area contributed by atoms with Gasteiger partial charge in [-0.1, -0.05) is 6.92 Å². The topological polar surface area (TPSA) is 67.6 Å². The zero-order valence-corrected chi connectivity index (χ0v) is 14.1. The van der Waals surface area contributed by atoms with E-state index >= 15 is 0 Å². The fourth-order valence-corrected chi connectivity index (χ4v) is 3.63.